The van der Waals surface area contributed by atoms with Crippen molar-refractivity contribution in [2.24, 2.45) is 0 Å². The van der Waals surface area contributed by atoms with Crippen LogP contribution in [0.5, 0.6) is 0 Å². The van der Waals surface area contributed by atoms with Crippen LogP contribution in [-0.4, -0.2) is 31.3 Å². The average molecular weight is 255 g/mol. The highest BCUT2D eigenvalue weighted by molar-refractivity contribution is 5.85. The minimum absolute atomic E-state index is 0. The lowest BCUT2D eigenvalue weighted by atomic mass is 10.1. The fourth-order valence-electron chi connectivity index (χ4n) is 1.82. The summed E-state index contributed by atoms with van der Waals surface area (Å²) in [5.74, 6) is 1.14. The second-order valence-electron chi connectivity index (χ2n) is 3.77. The number of aromatic nitrogens is 1. The van der Waals surface area contributed by atoms with Crippen LogP contribution in [0.3, 0.4) is 0 Å². The summed E-state index contributed by atoms with van der Waals surface area (Å²) < 4.78 is 5.27. The second-order valence-corrected chi connectivity index (χ2v) is 3.77. The smallest absolute Gasteiger partial charge is 0.149 e. The van der Waals surface area contributed by atoms with Crippen LogP contribution in [0, 0.1) is 18.3 Å². The zero-order chi connectivity index (χ0) is 11.5. The van der Waals surface area contributed by atoms with Crippen molar-refractivity contribution in [2.45, 2.75) is 6.92 Å². The number of nitrogens with two attached hydrogens (primary N) is 1. The highest BCUT2D eigenvalue weighted by atomic mass is 35.5. The normalized spacial score (nSPS) is 14.9. The Morgan fingerprint density at radius 3 is 2.71 bits per heavy atom. The lowest BCUT2D eigenvalue weighted by Gasteiger charge is -2.28. The van der Waals surface area contributed by atoms with Gasteiger partial charge in [0.2, 0.25) is 0 Å². The van der Waals surface area contributed by atoms with Crippen molar-refractivity contribution in [2.75, 3.05) is 36.9 Å². The molecule has 0 amide bonds. The average Bonchev–Trinajstić information content (AvgIpc) is 2.29. The van der Waals surface area contributed by atoms with Crippen LogP contribution in [0.4, 0.5) is 11.6 Å². The van der Waals surface area contributed by atoms with Gasteiger partial charge in [0.25, 0.3) is 0 Å². The van der Waals surface area contributed by atoms with Gasteiger partial charge in [-0.15, -0.1) is 12.4 Å². The number of nitrogen functional groups attached to an aromatic ring is 1. The van der Waals surface area contributed by atoms with E-state index in [0.29, 0.717) is 30.4 Å². The monoisotopic (exact) mass is 254 g/mol. The van der Waals surface area contributed by atoms with Gasteiger partial charge in [0.1, 0.15) is 17.7 Å². The van der Waals surface area contributed by atoms with E-state index in [-0.39, 0.29) is 12.4 Å². The number of ether oxygens (including phenoxy) is 1. The molecule has 2 rings (SSSR count). The molecular weight excluding hydrogens is 240 g/mol. The summed E-state index contributed by atoms with van der Waals surface area (Å²) in [5.41, 5.74) is 7.19. The summed E-state index contributed by atoms with van der Waals surface area (Å²) in [6, 6.07) is 3.91. The molecule has 0 spiro atoms. The Morgan fingerprint density at radius 1 is 1.47 bits per heavy atom. The Labute approximate surface area is 107 Å². The molecule has 1 aromatic rings. The van der Waals surface area contributed by atoms with Crippen molar-refractivity contribution in [3.8, 4) is 6.07 Å². The van der Waals surface area contributed by atoms with Crippen molar-refractivity contribution >= 4 is 24.0 Å². The Hall–Kier alpha value is -1.51. The van der Waals surface area contributed by atoms with Gasteiger partial charge in [0.15, 0.2) is 0 Å². The molecule has 1 aliphatic rings. The standard InChI is InChI=1S/C11H14N4O.ClH/c1-8-6-10(13)14-11(9(8)7-12)15-2-4-16-5-3-15;/h6H,2-5H2,1H3,(H2,13,14);1H. The van der Waals surface area contributed by atoms with Crippen LogP contribution in [0.25, 0.3) is 0 Å². The van der Waals surface area contributed by atoms with Gasteiger partial charge < -0.3 is 15.4 Å². The predicted octanol–water partition coefficient (Wildman–Crippen LogP) is 1.10. The summed E-state index contributed by atoms with van der Waals surface area (Å²) in [6.45, 7) is 4.72. The summed E-state index contributed by atoms with van der Waals surface area (Å²) in [7, 11) is 0. The lowest BCUT2D eigenvalue weighted by Crippen LogP contribution is -2.37. The van der Waals surface area contributed by atoms with Gasteiger partial charge in [0, 0.05) is 13.1 Å². The number of aryl methyl sites for hydroxylation is 1. The van der Waals surface area contributed by atoms with Gasteiger partial charge in [-0.25, -0.2) is 4.98 Å². The number of anilines is 2. The fourth-order valence-corrected chi connectivity index (χ4v) is 1.82. The van der Waals surface area contributed by atoms with Gasteiger partial charge in [-0.1, -0.05) is 0 Å². The van der Waals surface area contributed by atoms with Gasteiger partial charge in [-0.2, -0.15) is 5.26 Å². The third kappa shape index (κ3) is 2.78. The molecule has 1 aliphatic heterocycles. The van der Waals surface area contributed by atoms with Crippen molar-refractivity contribution in [3.05, 3.63) is 17.2 Å². The molecule has 17 heavy (non-hydrogen) atoms. The topological polar surface area (TPSA) is 75.2 Å². The van der Waals surface area contributed by atoms with Crippen molar-refractivity contribution < 1.29 is 4.74 Å². The quantitative estimate of drug-likeness (QED) is 0.812. The summed E-state index contributed by atoms with van der Waals surface area (Å²) in [5, 5.41) is 9.13. The number of pyridine rings is 1. The van der Waals surface area contributed by atoms with E-state index in [2.05, 4.69) is 11.1 Å². The molecule has 1 aromatic heterocycles. The van der Waals surface area contributed by atoms with E-state index in [0.717, 1.165) is 18.7 Å². The van der Waals surface area contributed by atoms with Gasteiger partial charge >= 0.3 is 0 Å². The molecule has 2 heterocycles. The first-order valence-corrected chi connectivity index (χ1v) is 5.22. The van der Waals surface area contributed by atoms with Crippen LogP contribution in [-0.2, 0) is 4.74 Å². The molecule has 5 nitrogen and oxygen atoms in total. The number of hydrogen-bond donors (Lipinski definition) is 1. The molecule has 92 valence electrons. The number of nitriles is 1. The SMILES string of the molecule is Cc1cc(N)nc(N2CCOCC2)c1C#N.Cl. The minimum Gasteiger partial charge on any atom is -0.384 e. The molecule has 0 unspecified atom stereocenters. The molecular formula is C11H15ClN4O. The van der Waals surface area contributed by atoms with Gasteiger partial charge in [0.05, 0.1) is 18.8 Å². The van der Waals surface area contributed by atoms with Crippen molar-refractivity contribution in [1.29, 1.82) is 5.26 Å². The van der Waals surface area contributed by atoms with E-state index in [1.54, 1.807) is 6.07 Å². The molecule has 6 heteroatoms. The van der Waals surface area contributed by atoms with Crippen LogP contribution >= 0.6 is 12.4 Å². The highest BCUT2D eigenvalue weighted by Gasteiger charge is 2.18. The van der Waals surface area contributed by atoms with E-state index in [9.17, 15) is 0 Å². The molecule has 0 aliphatic carbocycles. The summed E-state index contributed by atoms with van der Waals surface area (Å²) in [4.78, 5) is 6.30. The molecule has 0 saturated carbocycles. The number of nitrogens with zero attached hydrogens (tertiary/aromatic N) is 3. The molecule has 1 fully saturated rings. The first kappa shape index (κ1) is 13.6. The number of rotatable bonds is 1. The summed E-state index contributed by atoms with van der Waals surface area (Å²) in [6.07, 6.45) is 0. The van der Waals surface area contributed by atoms with E-state index in [1.807, 2.05) is 11.8 Å². The summed E-state index contributed by atoms with van der Waals surface area (Å²) >= 11 is 0. The molecule has 0 aromatic carbocycles. The highest BCUT2D eigenvalue weighted by Crippen LogP contribution is 2.23. The first-order valence-electron chi connectivity index (χ1n) is 5.22. The number of halogens is 1. The minimum atomic E-state index is 0. The molecule has 0 atom stereocenters. The maximum absolute atomic E-state index is 9.13. The number of morpholine rings is 1. The van der Waals surface area contributed by atoms with Crippen LogP contribution < -0.4 is 10.6 Å². The third-order valence-electron chi connectivity index (χ3n) is 2.64. The number of hydrogen-bond acceptors (Lipinski definition) is 5. The van der Waals surface area contributed by atoms with E-state index >= 15 is 0 Å². The van der Waals surface area contributed by atoms with Crippen molar-refractivity contribution in [3.63, 3.8) is 0 Å². The lowest BCUT2D eigenvalue weighted by molar-refractivity contribution is 0.122. The van der Waals surface area contributed by atoms with E-state index in [1.165, 1.54) is 0 Å². The Balaban J connectivity index is 0.00000144. The second kappa shape index (κ2) is 5.71. The fraction of sp³-hybridized carbons (Fsp3) is 0.455. The molecule has 0 bridgehead atoms. The Morgan fingerprint density at radius 2 is 2.12 bits per heavy atom. The largest absolute Gasteiger partial charge is 0.384 e. The molecule has 2 N–H and O–H groups in total. The van der Waals surface area contributed by atoms with E-state index < -0.39 is 0 Å². The predicted molar refractivity (Wildman–Crippen MR) is 68.4 cm³/mol. The Bertz CT molecular complexity index is 438. The van der Waals surface area contributed by atoms with Crippen molar-refractivity contribution in [1.82, 2.24) is 4.98 Å². The van der Waals surface area contributed by atoms with Gasteiger partial charge in [-0.3, -0.25) is 0 Å². The van der Waals surface area contributed by atoms with Gasteiger partial charge in [-0.05, 0) is 18.6 Å². The van der Waals surface area contributed by atoms with Crippen LogP contribution in [0.1, 0.15) is 11.1 Å². The molecule has 1 saturated heterocycles. The third-order valence-corrected chi connectivity index (χ3v) is 2.64. The Kier molecular flexibility index (Phi) is 4.55. The maximum Gasteiger partial charge on any atom is 0.149 e. The zero-order valence-electron chi connectivity index (χ0n) is 9.64. The maximum atomic E-state index is 9.13. The molecule has 0 radical (unpaired) electrons. The van der Waals surface area contributed by atoms with E-state index in [4.69, 9.17) is 15.7 Å². The van der Waals surface area contributed by atoms with Crippen LogP contribution in [0.2, 0.25) is 0 Å². The zero-order valence-corrected chi connectivity index (χ0v) is 10.5. The van der Waals surface area contributed by atoms with Crippen LogP contribution in [0.15, 0.2) is 6.07 Å². The first-order chi connectivity index (χ1) is 7.72.